The highest BCUT2D eigenvalue weighted by Gasteiger charge is 2.21. The first-order valence-electron chi connectivity index (χ1n) is 7.07. The number of carbonyl (C=O) groups is 1. The Bertz CT molecular complexity index is 490. The largest absolute Gasteiger partial charge is 0.368 e. The van der Waals surface area contributed by atoms with Crippen molar-refractivity contribution < 1.29 is 4.79 Å². The maximum absolute atomic E-state index is 11.9. The molecule has 1 aromatic rings. The molecule has 1 fully saturated rings. The van der Waals surface area contributed by atoms with Crippen LogP contribution in [0, 0.1) is 13.8 Å². The normalized spacial score (nSPS) is 15.1. The van der Waals surface area contributed by atoms with Crippen molar-refractivity contribution in [2.45, 2.75) is 13.8 Å². The molecule has 2 rings (SSSR count). The summed E-state index contributed by atoms with van der Waals surface area (Å²) in [4.78, 5) is 16.1. The molecule has 0 spiro atoms. The van der Waals surface area contributed by atoms with E-state index in [4.69, 9.17) is 0 Å². The molecule has 0 unspecified atom stereocenters. The van der Waals surface area contributed by atoms with Gasteiger partial charge in [0, 0.05) is 38.4 Å². The number of benzene rings is 1. The fraction of sp³-hybridized carbons (Fsp3) is 0.438. The van der Waals surface area contributed by atoms with Crippen LogP contribution >= 0.6 is 0 Å². The Labute approximate surface area is 121 Å². The standard InChI is InChI=1S/C16H23N3O/c1-4-7-17-16(20)19-10-8-18(9-11-19)15-12-13(2)5-6-14(15)3/h4-6,12H,1,7-11H2,2-3H3,(H,17,20). The molecular formula is C16H23N3O. The minimum atomic E-state index is 0.00511. The van der Waals surface area contributed by atoms with E-state index in [0.29, 0.717) is 6.54 Å². The van der Waals surface area contributed by atoms with Crippen molar-refractivity contribution in [3.05, 3.63) is 42.0 Å². The van der Waals surface area contributed by atoms with Gasteiger partial charge in [-0.05, 0) is 31.0 Å². The van der Waals surface area contributed by atoms with E-state index < -0.39 is 0 Å². The first kappa shape index (κ1) is 14.4. The minimum absolute atomic E-state index is 0.00511. The van der Waals surface area contributed by atoms with Gasteiger partial charge in [-0.15, -0.1) is 6.58 Å². The lowest BCUT2D eigenvalue weighted by Crippen LogP contribution is -2.52. The lowest BCUT2D eigenvalue weighted by Gasteiger charge is -2.36. The zero-order valence-electron chi connectivity index (χ0n) is 12.4. The van der Waals surface area contributed by atoms with Gasteiger partial charge in [-0.25, -0.2) is 4.79 Å². The van der Waals surface area contributed by atoms with Crippen molar-refractivity contribution in [1.82, 2.24) is 10.2 Å². The van der Waals surface area contributed by atoms with Crippen LogP contribution in [0.5, 0.6) is 0 Å². The highest BCUT2D eigenvalue weighted by Crippen LogP contribution is 2.22. The van der Waals surface area contributed by atoms with Gasteiger partial charge in [-0.2, -0.15) is 0 Å². The van der Waals surface area contributed by atoms with Gasteiger partial charge in [0.2, 0.25) is 0 Å². The molecule has 4 heteroatoms. The molecular weight excluding hydrogens is 250 g/mol. The maximum atomic E-state index is 11.9. The van der Waals surface area contributed by atoms with Crippen LogP contribution in [-0.2, 0) is 0 Å². The molecule has 1 aliphatic rings. The van der Waals surface area contributed by atoms with Crippen LogP contribution in [0.4, 0.5) is 10.5 Å². The fourth-order valence-corrected chi connectivity index (χ4v) is 2.48. The summed E-state index contributed by atoms with van der Waals surface area (Å²) >= 11 is 0. The van der Waals surface area contributed by atoms with Crippen molar-refractivity contribution in [3.8, 4) is 0 Å². The Morgan fingerprint density at radius 2 is 2.00 bits per heavy atom. The summed E-state index contributed by atoms with van der Waals surface area (Å²) < 4.78 is 0. The molecule has 0 bridgehead atoms. The molecule has 0 aliphatic carbocycles. The first-order chi connectivity index (χ1) is 9.61. The Hall–Kier alpha value is -1.97. The van der Waals surface area contributed by atoms with Crippen LogP contribution in [0.1, 0.15) is 11.1 Å². The minimum Gasteiger partial charge on any atom is -0.368 e. The van der Waals surface area contributed by atoms with E-state index in [9.17, 15) is 4.79 Å². The summed E-state index contributed by atoms with van der Waals surface area (Å²) in [5, 5.41) is 2.83. The lowest BCUT2D eigenvalue weighted by molar-refractivity contribution is 0.195. The Morgan fingerprint density at radius 1 is 1.30 bits per heavy atom. The average molecular weight is 273 g/mol. The summed E-state index contributed by atoms with van der Waals surface area (Å²) in [6.07, 6.45) is 1.70. The van der Waals surface area contributed by atoms with E-state index in [-0.39, 0.29) is 6.03 Å². The Balaban J connectivity index is 1.95. The smallest absolute Gasteiger partial charge is 0.317 e. The maximum Gasteiger partial charge on any atom is 0.317 e. The molecule has 108 valence electrons. The molecule has 0 aromatic heterocycles. The molecule has 1 heterocycles. The molecule has 1 aliphatic heterocycles. The third-order valence-corrected chi connectivity index (χ3v) is 3.67. The van der Waals surface area contributed by atoms with Crippen molar-refractivity contribution >= 4 is 11.7 Å². The Kier molecular flexibility index (Phi) is 4.66. The number of piperazine rings is 1. The highest BCUT2D eigenvalue weighted by atomic mass is 16.2. The van der Waals surface area contributed by atoms with Crippen LogP contribution in [0.25, 0.3) is 0 Å². The number of urea groups is 1. The molecule has 20 heavy (non-hydrogen) atoms. The van der Waals surface area contributed by atoms with E-state index >= 15 is 0 Å². The summed E-state index contributed by atoms with van der Waals surface area (Å²) in [7, 11) is 0. The fourth-order valence-electron chi connectivity index (χ4n) is 2.48. The van der Waals surface area contributed by atoms with Crippen molar-refractivity contribution in [3.63, 3.8) is 0 Å². The second-order valence-corrected chi connectivity index (χ2v) is 5.24. The van der Waals surface area contributed by atoms with Gasteiger partial charge in [0.25, 0.3) is 0 Å². The molecule has 1 saturated heterocycles. The van der Waals surface area contributed by atoms with Gasteiger partial charge in [0.05, 0.1) is 0 Å². The van der Waals surface area contributed by atoms with Gasteiger partial charge < -0.3 is 15.1 Å². The van der Waals surface area contributed by atoms with Crippen LogP contribution in [-0.4, -0.2) is 43.7 Å². The topological polar surface area (TPSA) is 35.6 Å². The molecule has 1 aromatic carbocycles. The molecule has 0 atom stereocenters. The van der Waals surface area contributed by atoms with E-state index in [1.165, 1.54) is 16.8 Å². The average Bonchev–Trinajstić information content (AvgIpc) is 2.47. The summed E-state index contributed by atoms with van der Waals surface area (Å²) in [6, 6.07) is 6.53. The van der Waals surface area contributed by atoms with E-state index in [0.717, 1.165) is 26.2 Å². The Morgan fingerprint density at radius 3 is 2.65 bits per heavy atom. The van der Waals surface area contributed by atoms with Crippen molar-refractivity contribution in [1.29, 1.82) is 0 Å². The number of hydrogen-bond acceptors (Lipinski definition) is 2. The van der Waals surface area contributed by atoms with Crippen molar-refractivity contribution in [2.75, 3.05) is 37.6 Å². The number of nitrogens with one attached hydrogen (secondary N) is 1. The van der Waals surface area contributed by atoms with E-state index in [2.05, 4.69) is 48.8 Å². The number of hydrogen-bond donors (Lipinski definition) is 1. The third kappa shape index (κ3) is 3.32. The second-order valence-electron chi connectivity index (χ2n) is 5.24. The van der Waals surface area contributed by atoms with Gasteiger partial charge in [-0.1, -0.05) is 18.2 Å². The number of anilines is 1. The number of amides is 2. The SMILES string of the molecule is C=CCNC(=O)N1CCN(c2cc(C)ccc2C)CC1. The summed E-state index contributed by atoms with van der Waals surface area (Å²) in [5.74, 6) is 0. The molecule has 2 amide bonds. The first-order valence-corrected chi connectivity index (χ1v) is 7.07. The second kappa shape index (κ2) is 6.46. The van der Waals surface area contributed by atoms with Gasteiger partial charge >= 0.3 is 6.03 Å². The van der Waals surface area contributed by atoms with Crippen LogP contribution < -0.4 is 10.2 Å². The predicted octanol–water partition coefficient (Wildman–Crippen LogP) is 2.32. The van der Waals surface area contributed by atoms with Gasteiger partial charge in [0.1, 0.15) is 0 Å². The zero-order chi connectivity index (χ0) is 14.5. The molecule has 0 saturated carbocycles. The number of aryl methyl sites for hydroxylation is 2. The van der Waals surface area contributed by atoms with Crippen LogP contribution in [0.2, 0.25) is 0 Å². The summed E-state index contributed by atoms with van der Waals surface area (Å²) in [6.45, 7) is 11.7. The number of rotatable bonds is 3. The zero-order valence-corrected chi connectivity index (χ0v) is 12.4. The monoisotopic (exact) mass is 273 g/mol. The quantitative estimate of drug-likeness (QED) is 0.858. The molecule has 4 nitrogen and oxygen atoms in total. The van der Waals surface area contributed by atoms with Gasteiger partial charge in [-0.3, -0.25) is 0 Å². The van der Waals surface area contributed by atoms with Gasteiger partial charge in [0.15, 0.2) is 0 Å². The predicted molar refractivity (Wildman–Crippen MR) is 83.3 cm³/mol. The highest BCUT2D eigenvalue weighted by molar-refractivity contribution is 5.74. The van der Waals surface area contributed by atoms with E-state index in [1.807, 2.05) is 4.90 Å². The van der Waals surface area contributed by atoms with E-state index in [1.54, 1.807) is 6.08 Å². The molecule has 1 N–H and O–H groups in total. The number of carbonyl (C=O) groups excluding carboxylic acids is 1. The van der Waals surface area contributed by atoms with Crippen LogP contribution in [0.15, 0.2) is 30.9 Å². The van der Waals surface area contributed by atoms with Crippen LogP contribution in [0.3, 0.4) is 0 Å². The lowest BCUT2D eigenvalue weighted by atomic mass is 10.1. The third-order valence-electron chi connectivity index (χ3n) is 3.67. The number of nitrogens with zero attached hydrogens (tertiary/aromatic N) is 2. The van der Waals surface area contributed by atoms with Crippen molar-refractivity contribution in [2.24, 2.45) is 0 Å². The summed E-state index contributed by atoms with van der Waals surface area (Å²) in [5.41, 5.74) is 3.85. The molecule has 0 radical (unpaired) electrons.